The molecule has 100 valence electrons. The number of rotatable bonds is 6. The van der Waals surface area contributed by atoms with Crippen molar-refractivity contribution < 1.29 is 14.3 Å². The van der Waals surface area contributed by atoms with Gasteiger partial charge in [-0.3, -0.25) is 14.3 Å². The third-order valence-corrected chi connectivity index (χ3v) is 2.67. The summed E-state index contributed by atoms with van der Waals surface area (Å²) in [6.07, 6.45) is 0.764. The van der Waals surface area contributed by atoms with Crippen molar-refractivity contribution in [2.24, 2.45) is 0 Å². The Morgan fingerprint density at radius 2 is 2.22 bits per heavy atom. The fourth-order valence-corrected chi connectivity index (χ4v) is 1.78. The molecule has 1 aromatic heterocycles. The van der Waals surface area contributed by atoms with E-state index in [1.807, 2.05) is 6.92 Å². The smallest absolute Gasteiger partial charge is 0.242 e. The highest BCUT2D eigenvalue weighted by Gasteiger charge is 2.14. The molecular formula is C12H19N3O3. The van der Waals surface area contributed by atoms with Crippen LogP contribution in [0.2, 0.25) is 0 Å². The molecule has 0 aliphatic carbocycles. The summed E-state index contributed by atoms with van der Waals surface area (Å²) in [6, 6.07) is -0.0509. The number of aromatic nitrogens is 2. The zero-order chi connectivity index (χ0) is 13.7. The third-order valence-electron chi connectivity index (χ3n) is 2.67. The van der Waals surface area contributed by atoms with Gasteiger partial charge in [0.2, 0.25) is 5.91 Å². The molecule has 0 aliphatic heterocycles. The summed E-state index contributed by atoms with van der Waals surface area (Å²) >= 11 is 0. The molecule has 1 N–H and O–H groups in total. The Hall–Kier alpha value is -1.69. The number of hydrogen-bond acceptors (Lipinski definition) is 4. The minimum Gasteiger partial charge on any atom is -0.383 e. The van der Waals surface area contributed by atoms with E-state index in [1.165, 1.54) is 4.68 Å². The molecule has 0 fully saturated rings. The van der Waals surface area contributed by atoms with Crippen LogP contribution >= 0.6 is 0 Å². The zero-order valence-corrected chi connectivity index (χ0v) is 11.2. The Labute approximate surface area is 106 Å². The Balaban J connectivity index is 2.68. The first kappa shape index (κ1) is 14.4. The summed E-state index contributed by atoms with van der Waals surface area (Å²) in [7, 11) is 1.58. The third kappa shape index (κ3) is 3.40. The first-order valence-corrected chi connectivity index (χ1v) is 5.77. The lowest BCUT2D eigenvalue weighted by molar-refractivity contribution is -0.122. The van der Waals surface area contributed by atoms with E-state index in [2.05, 4.69) is 10.4 Å². The van der Waals surface area contributed by atoms with E-state index < -0.39 is 0 Å². The number of aryl methyl sites for hydroxylation is 1. The molecule has 1 heterocycles. The van der Waals surface area contributed by atoms with Gasteiger partial charge in [0.05, 0.1) is 17.9 Å². The minimum atomic E-state index is -0.150. The molecule has 18 heavy (non-hydrogen) atoms. The van der Waals surface area contributed by atoms with Gasteiger partial charge in [0.15, 0.2) is 6.29 Å². The first-order chi connectivity index (χ1) is 8.49. The molecule has 0 saturated heterocycles. The summed E-state index contributed by atoms with van der Waals surface area (Å²) in [4.78, 5) is 22.6. The van der Waals surface area contributed by atoms with E-state index in [1.54, 1.807) is 21.0 Å². The summed E-state index contributed by atoms with van der Waals surface area (Å²) in [5, 5.41) is 6.96. The topological polar surface area (TPSA) is 73.2 Å². The molecule has 0 radical (unpaired) electrons. The zero-order valence-electron chi connectivity index (χ0n) is 11.2. The molecule has 0 aromatic carbocycles. The van der Waals surface area contributed by atoms with Crippen molar-refractivity contribution >= 4 is 12.2 Å². The van der Waals surface area contributed by atoms with Crippen LogP contribution in [0.25, 0.3) is 0 Å². The SMILES string of the molecule is COCC(C)NC(=O)Cn1nc(C)c(C=O)c1C. The van der Waals surface area contributed by atoms with Crippen molar-refractivity contribution in [3.05, 3.63) is 17.0 Å². The van der Waals surface area contributed by atoms with E-state index >= 15 is 0 Å². The lowest BCUT2D eigenvalue weighted by Crippen LogP contribution is -2.38. The molecule has 0 saturated carbocycles. The predicted molar refractivity (Wildman–Crippen MR) is 66.6 cm³/mol. The second kappa shape index (κ2) is 6.30. The highest BCUT2D eigenvalue weighted by Crippen LogP contribution is 2.09. The molecule has 1 rings (SSSR count). The maximum Gasteiger partial charge on any atom is 0.242 e. The van der Waals surface area contributed by atoms with Crippen LogP contribution in [0.15, 0.2) is 0 Å². The minimum absolute atomic E-state index is 0.0509. The average molecular weight is 253 g/mol. The van der Waals surface area contributed by atoms with E-state index in [4.69, 9.17) is 4.74 Å². The molecule has 0 aliphatic rings. The van der Waals surface area contributed by atoms with Gasteiger partial charge < -0.3 is 10.1 Å². The Kier molecular flexibility index (Phi) is 5.03. The van der Waals surface area contributed by atoms with Crippen molar-refractivity contribution in [1.29, 1.82) is 0 Å². The quantitative estimate of drug-likeness (QED) is 0.748. The predicted octanol–water partition coefficient (Wildman–Crippen LogP) is 0.464. The maximum absolute atomic E-state index is 11.7. The average Bonchev–Trinajstić information content (AvgIpc) is 2.53. The van der Waals surface area contributed by atoms with Crippen LogP contribution in [-0.4, -0.2) is 41.7 Å². The summed E-state index contributed by atoms with van der Waals surface area (Å²) in [5.41, 5.74) is 1.89. The number of hydrogen-bond donors (Lipinski definition) is 1. The van der Waals surface area contributed by atoms with E-state index in [0.717, 1.165) is 6.29 Å². The van der Waals surface area contributed by atoms with Crippen molar-refractivity contribution in [2.75, 3.05) is 13.7 Å². The monoisotopic (exact) mass is 253 g/mol. The lowest BCUT2D eigenvalue weighted by atomic mass is 10.2. The highest BCUT2D eigenvalue weighted by atomic mass is 16.5. The molecule has 1 unspecified atom stereocenters. The lowest BCUT2D eigenvalue weighted by Gasteiger charge is -2.13. The van der Waals surface area contributed by atoms with Crippen molar-refractivity contribution in [1.82, 2.24) is 15.1 Å². The van der Waals surface area contributed by atoms with E-state index in [9.17, 15) is 9.59 Å². The van der Waals surface area contributed by atoms with Crippen LogP contribution in [0.4, 0.5) is 0 Å². The van der Waals surface area contributed by atoms with Gasteiger partial charge in [0.25, 0.3) is 0 Å². The number of carbonyl (C=O) groups is 2. The normalized spacial score (nSPS) is 12.2. The maximum atomic E-state index is 11.7. The number of ether oxygens (including phenoxy) is 1. The summed E-state index contributed by atoms with van der Waals surface area (Å²) < 4.78 is 6.47. The van der Waals surface area contributed by atoms with Gasteiger partial charge in [0.1, 0.15) is 6.54 Å². The molecule has 1 amide bonds. The van der Waals surface area contributed by atoms with Crippen LogP contribution in [0.3, 0.4) is 0 Å². The Morgan fingerprint density at radius 3 is 2.72 bits per heavy atom. The Morgan fingerprint density at radius 1 is 1.56 bits per heavy atom. The highest BCUT2D eigenvalue weighted by molar-refractivity contribution is 5.79. The molecule has 1 aromatic rings. The number of amides is 1. The standard InChI is InChI=1S/C12H19N3O3/c1-8(7-18-4)13-12(17)5-15-10(3)11(6-16)9(2)14-15/h6,8H,5,7H2,1-4H3,(H,13,17). The number of nitrogens with one attached hydrogen (secondary N) is 1. The van der Waals surface area contributed by atoms with Gasteiger partial charge in [0, 0.05) is 18.8 Å². The largest absolute Gasteiger partial charge is 0.383 e. The van der Waals surface area contributed by atoms with Crippen molar-refractivity contribution in [3.63, 3.8) is 0 Å². The van der Waals surface area contributed by atoms with Gasteiger partial charge in [-0.1, -0.05) is 0 Å². The molecule has 6 heteroatoms. The van der Waals surface area contributed by atoms with Crippen molar-refractivity contribution in [3.8, 4) is 0 Å². The molecule has 0 spiro atoms. The molecule has 1 atom stereocenters. The Bertz CT molecular complexity index is 440. The number of aldehydes is 1. The van der Waals surface area contributed by atoms with Crippen LogP contribution in [0, 0.1) is 13.8 Å². The van der Waals surface area contributed by atoms with Gasteiger partial charge in [-0.2, -0.15) is 5.10 Å². The molecular weight excluding hydrogens is 234 g/mol. The van der Waals surface area contributed by atoms with Crippen LogP contribution in [-0.2, 0) is 16.1 Å². The van der Waals surface area contributed by atoms with Crippen molar-refractivity contribution in [2.45, 2.75) is 33.4 Å². The van der Waals surface area contributed by atoms with Gasteiger partial charge in [-0.05, 0) is 20.8 Å². The van der Waals surface area contributed by atoms with E-state index in [0.29, 0.717) is 23.6 Å². The van der Waals surface area contributed by atoms with Crippen LogP contribution < -0.4 is 5.32 Å². The molecule has 0 bridgehead atoms. The van der Waals surface area contributed by atoms with Gasteiger partial charge in [-0.25, -0.2) is 0 Å². The fourth-order valence-electron chi connectivity index (χ4n) is 1.78. The van der Waals surface area contributed by atoms with Crippen LogP contribution in [0.5, 0.6) is 0 Å². The summed E-state index contributed by atoms with van der Waals surface area (Å²) in [6.45, 7) is 5.95. The number of methoxy groups -OCH3 is 1. The van der Waals surface area contributed by atoms with Crippen LogP contribution in [0.1, 0.15) is 28.7 Å². The van der Waals surface area contributed by atoms with E-state index in [-0.39, 0.29) is 18.5 Å². The first-order valence-electron chi connectivity index (χ1n) is 5.77. The number of nitrogens with zero attached hydrogens (tertiary/aromatic N) is 2. The molecule has 6 nitrogen and oxygen atoms in total. The van der Waals surface area contributed by atoms with Gasteiger partial charge >= 0.3 is 0 Å². The summed E-state index contributed by atoms with van der Waals surface area (Å²) in [5.74, 6) is -0.150. The van der Waals surface area contributed by atoms with Gasteiger partial charge in [-0.15, -0.1) is 0 Å². The second-order valence-electron chi connectivity index (χ2n) is 4.28. The number of carbonyl (C=O) groups excluding carboxylic acids is 2. The second-order valence-corrected chi connectivity index (χ2v) is 4.28. The fraction of sp³-hybridized carbons (Fsp3) is 0.583.